The van der Waals surface area contributed by atoms with Crippen molar-refractivity contribution >= 4 is 0 Å². The minimum atomic E-state index is 0.128. The number of benzene rings is 1. The average Bonchev–Trinajstić information content (AvgIpc) is 2.79. The Bertz CT molecular complexity index is 423. The summed E-state index contributed by atoms with van der Waals surface area (Å²) in [6.45, 7) is 7.39. The van der Waals surface area contributed by atoms with Crippen molar-refractivity contribution in [3.63, 3.8) is 0 Å². The standard InChI is InChI=1S/C16H26N2O2/c1-11(2)7-8-20-14-6-4-5-13(9-14)16-15(10-19)12(3)17-18-16/h4-6,9,11-12,15-19H,7-8,10H2,1-3H3. The van der Waals surface area contributed by atoms with Gasteiger partial charge in [-0.2, -0.15) is 0 Å². The first kappa shape index (κ1) is 15.3. The highest BCUT2D eigenvalue weighted by atomic mass is 16.5. The molecule has 4 heteroatoms. The van der Waals surface area contributed by atoms with Crippen LogP contribution in [-0.4, -0.2) is 24.4 Å². The van der Waals surface area contributed by atoms with E-state index >= 15 is 0 Å². The van der Waals surface area contributed by atoms with Crippen molar-refractivity contribution in [2.45, 2.75) is 39.3 Å². The topological polar surface area (TPSA) is 53.5 Å². The number of hydrazine groups is 1. The van der Waals surface area contributed by atoms with E-state index in [9.17, 15) is 5.11 Å². The van der Waals surface area contributed by atoms with Crippen molar-refractivity contribution < 1.29 is 9.84 Å². The summed E-state index contributed by atoms with van der Waals surface area (Å²) in [5.41, 5.74) is 7.61. The Morgan fingerprint density at radius 3 is 2.80 bits per heavy atom. The second-order valence-electron chi connectivity index (χ2n) is 6.00. The van der Waals surface area contributed by atoms with Crippen LogP contribution < -0.4 is 15.6 Å². The van der Waals surface area contributed by atoms with Crippen molar-refractivity contribution in [1.82, 2.24) is 10.9 Å². The smallest absolute Gasteiger partial charge is 0.119 e. The summed E-state index contributed by atoms with van der Waals surface area (Å²) < 4.78 is 5.80. The van der Waals surface area contributed by atoms with Crippen LogP contribution >= 0.6 is 0 Å². The van der Waals surface area contributed by atoms with Crippen molar-refractivity contribution in [1.29, 1.82) is 0 Å². The molecule has 20 heavy (non-hydrogen) atoms. The molecule has 0 aliphatic carbocycles. The summed E-state index contributed by atoms with van der Waals surface area (Å²) in [6.07, 6.45) is 1.06. The normalized spacial score (nSPS) is 26.1. The van der Waals surface area contributed by atoms with Crippen molar-refractivity contribution in [3.05, 3.63) is 29.8 Å². The zero-order chi connectivity index (χ0) is 14.5. The van der Waals surface area contributed by atoms with E-state index in [1.807, 2.05) is 12.1 Å². The van der Waals surface area contributed by atoms with Gasteiger partial charge in [0.1, 0.15) is 5.75 Å². The lowest BCUT2D eigenvalue weighted by Gasteiger charge is -2.19. The molecule has 3 atom stereocenters. The van der Waals surface area contributed by atoms with Gasteiger partial charge >= 0.3 is 0 Å². The molecule has 4 nitrogen and oxygen atoms in total. The van der Waals surface area contributed by atoms with Gasteiger partial charge in [0, 0.05) is 18.6 Å². The lowest BCUT2D eigenvalue weighted by atomic mass is 9.91. The number of hydrogen-bond acceptors (Lipinski definition) is 4. The third kappa shape index (κ3) is 3.72. The molecule has 0 amide bonds. The molecule has 0 radical (unpaired) electrons. The molecule has 112 valence electrons. The molecule has 0 saturated carbocycles. The molecular formula is C16H26N2O2. The molecule has 3 unspecified atom stereocenters. The highest BCUT2D eigenvalue weighted by molar-refractivity contribution is 5.31. The first-order valence-electron chi connectivity index (χ1n) is 7.46. The largest absolute Gasteiger partial charge is 0.494 e. The molecular weight excluding hydrogens is 252 g/mol. The van der Waals surface area contributed by atoms with Gasteiger partial charge in [-0.05, 0) is 37.0 Å². The molecule has 2 rings (SSSR count). The Morgan fingerprint density at radius 1 is 1.30 bits per heavy atom. The maximum atomic E-state index is 9.53. The molecule has 1 fully saturated rings. The zero-order valence-corrected chi connectivity index (χ0v) is 12.6. The summed E-state index contributed by atoms with van der Waals surface area (Å²) in [4.78, 5) is 0. The van der Waals surface area contributed by atoms with E-state index < -0.39 is 0 Å². The molecule has 1 saturated heterocycles. The highest BCUT2D eigenvalue weighted by Gasteiger charge is 2.33. The minimum absolute atomic E-state index is 0.128. The minimum Gasteiger partial charge on any atom is -0.494 e. The van der Waals surface area contributed by atoms with E-state index in [1.54, 1.807) is 0 Å². The van der Waals surface area contributed by atoms with Crippen molar-refractivity contribution in [2.75, 3.05) is 13.2 Å². The van der Waals surface area contributed by atoms with Crippen LogP contribution in [0, 0.1) is 11.8 Å². The van der Waals surface area contributed by atoms with Gasteiger partial charge in [0.2, 0.25) is 0 Å². The van der Waals surface area contributed by atoms with Crippen molar-refractivity contribution in [2.24, 2.45) is 11.8 Å². The van der Waals surface area contributed by atoms with E-state index in [2.05, 4.69) is 43.8 Å². The van der Waals surface area contributed by atoms with Crippen LogP contribution in [-0.2, 0) is 0 Å². The summed E-state index contributed by atoms with van der Waals surface area (Å²) in [7, 11) is 0. The van der Waals surface area contributed by atoms with E-state index in [0.717, 1.165) is 24.3 Å². The summed E-state index contributed by atoms with van der Waals surface area (Å²) in [5.74, 6) is 1.74. The molecule has 1 aliphatic rings. The van der Waals surface area contributed by atoms with Crippen LogP contribution in [0.25, 0.3) is 0 Å². The fourth-order valence-electron chi connectivity index (χ4n) is 2.53. The summed E-state index contributed by atoms with van der Waals surface area (Å²) in [6, 6.07) is 8.54. The van der Waals surface area contributed by atoms with Gasteiger partial charge in [-0.3, -0.25) is 5.43 Å². The molecule has 1 aromatic rings. The third-order valence-electron chi connectivity index (χ3n) is 3.93. The number of aliphatic hydroxyl groups excluding tert-OH is 1. The molecule has 3 N–H and O–H groups in total. The molecule has 0 bridgehead atoms. The van der Waals surface area contributed by atoms with Gasteiger partial charge in [0.05, 0.1) is 12.6 Å². The van der Waals surface area contributed by atoms with Crippen molar-refractivity contribution in [3.8, 4) is 5.75 Å². The van der Waals surface area contributed by atoms with E-state index in [1.165, 1.54) is 0 Å². The lowest BCUT2D eigenvalue weighted by Crippen LogP contribution is -2.29. The summed E-state index contributed by atoms with van der Waals surface area (Å²) >= 11 is 0. The predicted octanol–water partition coefficient (Wildman–Crippen LogP) is 2.26. The van der Waals surface area contributed by atoms with Crippen LogP contribution in [0.1, 0.15) is 38.8 Å². The second-order valence-corrected chi connectivity index (χ2v) is 6.00. The third-order valence-corrected chi connectivity index (χ3v) is 3.93. The highest BCUT2D eigenvalue weighted by Crippen LogP contribution is 2.30. The Hall–Kier alpha value is -1.10. The van der Waals surface area contributed by atoms with Crippen LogP contribution in [0.2, 0.25) is 0 Å². The van der Waals surface area contributed by atoms with Crippen LogP contribution in [0.3, 0.4) is 0 Å². The van der Waals surface area contributed by atoms with Gasteiger partial charge in [0.15, 0.2) is 0 Å². The monoisotopic (exact) mass is 278 g/mol. The first-order valence-corrected chi connectivity index (χ1v) is 7.46. The molecule has 0 aromatic heterocycles. The van der Waals surface area contributed by atoms with Gasteiger partial charge in [-0.1, -0.05) is 26.0 Å². The maximum absolute atomic E-state index is 9.53. The van der Waals surface area contributed by atoms with Gasteiger partial charge in [-0.15, -0.1) is 0 Å². The lowest BCUT2D eigenvalue weighted by molar-refractivity contribution is 0.204. The number of rotatable bonds is 6. The van der Waals surface area contributed by atoms with E-state index in [4.69, 9.17) is 4.74 Å². The first-order chi connectivity index (χ1) is 9.61. The molecule has 1 heterocycles. The average molecular weight is 278 g/mol. The van der Waals surface area contributed by atoms with Gasteiger partial charge in [-0.25, -0.2) is 5.43 Å². The Morgan fingerprint density at radius 2 is 2.10 bits per heavy atom. The number of nitrogens with one attached hydrogen (secondary N) is 2. The van der Waals surface area contributed by atoms with Gasteiger partial charge in [0.25, 0.3) is 0 Å². The Labute approximate surface area is 121 Å². The van der Waals surface area contributed by atoms with E-state index in [-0.39, 0.29) is 24.6 Å². The summed E-state index contributed by atoms with van der Waals surface area (Å²) in [5, 5.41) is 9.53. The van der Waals surface area contributed by atoms with E-state index in [0.29, 0.717) is 5.92 Å². The second kappa shape index (κ2) is 7.07. The van der Waals surface area contributed by atoms with Crippen LogP contribution in [0.4, 0.5) is 0 Å². The number of ether oxygens (including phenoxy) is 1. The Balaban J connectivity index is 2.02. The SMILES string of the molecule is CC(C)CCOc1cccc(C2NNC(C)C2CO)c1. The quantitative estimate of drug-likeness (QED) is 0.747. The fraction of sp³-hybridized carbons (Fsp3) is 0.625. The Kier molecular flexibility index (Phi) is 5.40. The number of hydrogen-bond donors (Lipinski definition) is 3. The molecule has 0 spiro atoms. The fourth-order valence-corrected chi connectivity index (χ4v) is 2.53. The molecule has 1 aromatic carbocycles. The molecule has 1 aliphatic heterocycles. The number of aliphatic hydroxyl groups is 1. The van der Waals surface area contributed by atoms with Crippen LogP contribution in [0.5, 0.6) is 5.75 Å². The predicted molar refractivity (Wildman–Crippen MR) is 80.4 cm³/mol. The zero-order valence-electron chi connectivity index (χ0n) is 12.6. The van der Waals surface area contributed by atoms with Crippen LogP contribution in [0.15, 0.2) is 24.3 Å². The maximum Gasteiger partial charge on any atom is 0.119 e. The van der Waals surface area contributed by atoms with Gasteiger partial charge < -0.3 is 9.84 Å².